The number of rotatable bonds is 4. The Labute approximate surface area is 134 Å². The number of hydrogen-bond acceptors (Lipinski definition) is 6. The van der Waals surface area contributed by atoms with E-state index in [-0.39, 0.29) is 18.1 Å². The summed E-state index contributed by atoms with van der Waals surface area (Å²) in [7, 11) is 3.01. The van der Waals surface area contributed by atoms with Crippen molar-refractivity contribution in [3.05, 3.63) is 23.9 Å². The molecule has 1 saturated heterocycles. The summed E-state index contributed by atoms with van der Waals surface area (Å²) in [5.41, 5.74) is 2.24. The van der Waals surface area contributed by atoms with Crippen molar-refractivity contribution in [3.63, 3.8) is 0 Å². The lowest BCUT2D eigenvalue weighted by Crippen LogP contribution is -2.89. The topological polar surface area (TPSA) is 87.2 Å². The van der Waals surface area contributed by atoms with Crippen LogP contribution in [0.5, 0.6) is 11.6 Å². The third-order valence-corrected chi connectivity index (χ3v) is 3.98. The molecule has 0 spiro atoms. The fraction of sp³-hybridized carbons (Fsp3) is 0.438. The fourth-order valence-electron chi connectivity index (χ4n) is 2.73. The quantitative estimate of drug-likeness (QED) is 0.811. The molecule has 1 aliphatic rings. The minimum absolute atomic E-state index is 0.0878. The number of benzene rings is 1. The maximum absolute atomic E-state index is 11.6. The second-order valence-electron chi connectivity index (χ2n) is 5.55. The average Bonchev–Trinajstić information content (AvgIpc) is 3.03. The highest BCUT2D eigenvalue weighted by molar-refractivity contribution is 5.76. The summed E-state index contributed by atoms with van der Waals surface area (Å²) >= 11 is 0. The summed E-state index contributed by atoms with van der Waals surface area (Å²) in [5, 5.41) is 1.93. The normalized spacial score (nSPS) is 20.5. The Morgan fingerprint density at radius 1 is 1.26 bits per heavy atom. The van der Waals surface area contributed by atoms with Gasteiger partial charge in [-0.1, -0.05) is 0 Å². The summed E-state index contributed by atoms with van der Waals surface area (Å²) in [4.78, 5) is 20.6. The van der Waals surface area contributed by atoms with Crippen molar-refractivity contribution in [2.45, 2.75) is 25.5 Å². The molecule has 3 rings (SSSR count). The molecule has 1 fully saturated rings. The molecular weight excluding hydrogens is 298 g/mol. The number of hydrogen-bond donors (Lipinski definition) is 1. The molecule has 1 aliphatic heterocycles. The van der Waals surface area contributed by atoms with Crippen molar-refractivity contribution in [2.24, 2.45) is 0 Å². The van der Waals surface area contributed by atoms with Crippen LogP contribution in [0.15, 0.2) is 18.2 Å². The number of carbonyl (C=O) groups excluding carboxylic acids is 1. The third kappa shape index (κ3) is 3.19. The van der Waals surface area contributed by atoms with Gasteiger partial charge in [0.25, 0.3) is 0 Å². The molecule has 7 nitrogen and oxygen atoms in total. The van der Waals surface area contributed by atoms with Crippen molar-refractivity contribution in [1.29, 1.82) is 0 Å². The molecule has 2 heterocycles. The number of quaternary nitrogens is 1. The fourth-order valence-corrected chi connectivity index (χ4v) is 2.73. The van der Waals surface area contributed by atoms with Crippen LogP contribution in [0, 0.1) is 6.92 Å². The Kier molecular flexibility index (Phi) is 4.29. The zero-order valence-electron chi connectivity index (χ0n) is 13.4. The number of aromatic nitrogens is 2. The predicted molar refractivity (Wildman–Crippen MR) is 82.5 cm³/mol. The first-order valence-corrected chi connectivity index (χ1v) is 7.51. The first-order valence-electron chi connectivity index (χ1n) is 7.51. The maximum atomic E-state index is 11.6. The van der Waals surface area contributed by atoms with E-state index in [1.54, 1.807) is 7.11 Å². The molecular formula is C16H20N3O4+. The largest absolute Gasteiger partial charge is 0.497 e. The molecule has 23 heavy (non-hydrogen) atoms. The molecule has 1 aromatic carbocycles. The van der Waals surface area contributed by atoms with E-state index in [9.17, 15) is 4.79 Å². The van der Waals surface area contributed by atoms with Crippen LogP contribution in [0.25, 0.3) is 11.0 Å². The SMILES string of the molecule is COC(=O)[C@@H]1C[C@@H](Oc2nc3cc(OC)ccc3nc2C)C[NH2+]1. The molecule has 0 radical (unpaired) electrons. The minimum Gasteiger partial charge on any atom is -0.497 e. The van der Waals surface area contributed by atoms with E-state index in [1.807, 2.05) is 30.4 Å². The number of methoxy groups -OCH3 is 2. The van der Waals surface area contributed by atoms with E-state index in [0.29, 0.717) is 18.8 Å². The molecule has 2 N–H and O–H groups in total. The second kappa shape index (κ2) is 6.37. The van der Waals surface area contributed by atoms with Gasteiger partial charge in [0.2, 0.25) is 5.88 Å². The van der Waals surface area contributed by atoms with Crippen molar-refractivity contribution in [2.75, 3.05) is 20.8 Å². The van der Waals surface area contributed by atoms with Gasteiger partial charge in [0.1, 0.15) is 18.0 Å². The van der Waals surface area contributed by atoms with Gasteiger partial charge in [-0.05, 0) is 19.1 Å². The first kappa shape index (κ1) is 15.5. The molecule has 2 aromatic rings. The van der Waals surface area contributed by atoms with Crippen LogP contribution in [-0.4, -0.2) is 48.8 Å². The van der Waals surface area contributed by atoms with E-state index in [1.165, 1.54) is 7.11 Å². The standard InChI is InChI=1S/C16H19N3O4/c1-9-15(23-11-7-14(17-8-11)16(20)22-3)19-13-6-10(21-2)4-5-12(13)18-9/h4-6,11,14,17H,7-8H2,1-3H3/p+1/t11-,14+/m1/s1. The summed E-state index contributed by atoms with van der Waals surface area (Å²) in [6, 6.07) is 5.34. The van der Waals surface area contributed by atoms with Gasteiger partial charge in [-0.15, -0.1) is 0 Å². The monoisotopic (exact) mass is 318 g/mol. The first-order chi connectivity index (χ1) is 11.1. The number of nitrogens with zero attached hydrogens (tertiary/aromatic N) is 2. The van der Waals surface area contributed by atoms with Gasteiger partial charge < -0.3 is 19.5 Å². The van der Waals surface area contributed by atoms with Gasteiger partial charge in [0.05, 0.1) is 31.7 Å². The van der Waals surface area contributed by atoms with Crippen LogP contribution in [0.4, 0.5) is 0 Å². The highest BCUT2D eigenvalue weighted by Crippen LogP contribution is 2.23. The number of nitrogens with two attached hydrogens (primary N) is 1. The molecule has 7 heteroatoms. The lowest BCUT2D eigenvalue weighted by Gasteiger charge is -2.12. The van der Waals surface area contributed by atoms with E-state index >= 15 is 0 Å². The highest BCUT2D eigenvalue weighted by Gasteiger charge is 2.36. The Morgan fingerprint density at radius 3 is 2.83 bits per heavy atom. The molecule has 122 valence electrons. The Morgan fingerprint density at radius 2 is 2.09 bits per heavy atom. The number of fused-ring (bicyclic) bond motifs is 1. The van der Waals surface area contributed by atoms with Gasteiger partial charge in [-0.2, -0.15) is 0 Å². The molecule has 0 unspecified atom stereocenters. The third-order valence-electron chi connectivity index (χ3n) is 3.98. The zero-order chi connectivity index (χ0) is 16.4. The lowest BCUT2D eigenvalue weighted by molar-refractivity contribution is -0.660. The van der Waals surface area contributed by atoms with Crippen LogP contribution in [0.1, 0.15) is 12.1 Å². The number of ether oxygens (including phenoxy) is 3. The van der Waals surface area contributed by atoms with Crippen molar-refractivity contribution in [1.82, 2.24) is 9.97 Å². The van der Waals surface area contributed by atoms with Crippen LogP contribution in [0.3, 0.4) is 0 Å². The van der Waals surface area contributed by atoms with E-state index in [2.05, 4.69) is 9.97 Å². The van der Waals surface area contributed by atoms with Crippen molar-refractivity contribution >= 4 is 17.0 Å². The van der Waals surface area contributed by atoms with Crippen LogP contribution in [-0.2, 0) is 9.53 Å². The molecule has 2 atom stereocenters. The number of carbonyl (C=O) groups is 1. The molecule has 0 amide bonds. The Balaban J connectivity index is 1.80. The molecule has 0 bridgehead atoms. The second-order valence-corrected chi connectivity index (χ2v) is 5.55. The highest BCUT2D eigenvalue weighted by atomic mass is 16.5. The summed E-state index contributed by atoms with van der Waals surface area (Å²) in [5.74, 6) is 0.999. The van der Waals surface area contributed by atoms with Crippen molar-refractivity contribution < 1.29 is 24.3 Å². The Hall–Kier alpha value is -2.41. The molecule has 0 saturated carbocycles. The maximum Gasteiger partial charge on any atom is 0.364 e. The van der Waals surface area contributed by atoms with Crippen LogP contribution < -0.4 is 14.8 Å². The smallest absolute Gasteiger partial charge is 0.364 e. The summed E-state index contributed by atoms with van der Waals surface area (Å²) in [6.07, 6.45) is 0.513. The predicted octanol–water partition coefficient (Wildman–Crippen LogP) is 0.203. The van der Waals surface area contributed by atoms with Crippen LogP contribution >= 0.6 is 0 Å². The van der Waals surface area contributed by atoms with Gasteiger partial charge >= 0.3 is 5.97 Å². The minimum atomic E-state index is -0.220. The zero-order valence-corrected chi connectivity index (χ0v) is 13.4. The van der Waals surface area contributed by atoms with Crippen molar-refractivity contribution in [3.8, 4) is 11.6 Å². The van der Waals surface area contributed by atoms with Gasteiger partial charge in [0.15, 0.2) is 12.1 Å². The lowest BCUT2D eigenvalue weighted by atomic mass is 10.2. The van der Waals surface area contributed by atoms with Gasteiger partial charge in [0, 0.05) is 6.07 Å². The number of aryl methyl sites for hydroxylation is 1. The van der Waals surface area contributed by atoms with E-state index in [4.69, 9.17) is 14.2 Å². The number of esters is 1. The molecule has 1 aromatic heterocycles. The average molecular weight is 318 g/mol. The molecule has 0 aliphatic carbocycles. The van der Waals surface area contributed by atoms with Gasteiger partial charge in [-0.25, -0.2) is 14.8 Å². The van der Waals surface area contributed by atoms with E-state index < -0.39 is 0 Å². The summed E-state index contributed by atoms with van der Waals surface area (Å²) < 4.78 is 15.9. The van der Waals surface area contributed by atoms with E-state index in [0.717, 1.165) is 22.5 Å². The van der Waals surface area contributed by atoms with Crippen LogP contribution in [0.2, 0.25) is 0 Å². The summed E-state index contributed by atoms with van der Waals surface area (Å²) in [6.45, 7) is 2.56. The van der Waals surface area contributed by atoms with Gasteiger partial charge in [-0.3, -0.25) is 0 Å². The Bertz CT molecular complexity index is 735.